The molecule has 1 aromatic carbocycles. The summed E-state index contributed by atoms with van der Waals surface area (Å²) < 4.78 is -1.19. The van der Waals surface area contributed by atoms with Crippen molar-refractivity contribution in [2.75, 3.05) is 0 Å². The minimum Gasteiger partial charge on any atom is -0.296 e. The molecular weight excluding hydrogens is 207 g/mol. The second-order valence-corrected chi connectivity index (χ2v) is 4.60. The van der Waals surface area contributed by atoms with Crippen LogP contribution in [0.4, 0.5) is 0 Å². The van der Waals surface area contributed by atoms with Gasteiger partial charge in [-0.3, -0.25) is 4.79 Å². The van der Waals surface area contributed by atoms with Gasteiger partial charge in [0.15, 0.2) is 10.1 Å². The number of Topliss-reactive ketones (excluding diaryl/α,β-unsaturated/α-hetero) is 1. The van der Waals surface area contributed by atoms with Gasteiger partial charge in [0.2, 0.25) is 0 Å². The zero-order valence-electron chi connectivity index (χ0n) is 6.84. The molecule has 68 valence electrons. The molecule has 0 N–H and O–H groups in total. The molecule has 0 spiro atoms. The van der Waals surface area contributed by atoms with Crippen LogP contribution in [-0.2, 0) is 4.79 Å². The minimum atomic E-state index is -1.19. The molecule has 0 aromatic heterocycles. The van der Waals surface area contributed by atoms with Gasteiger partial charge in [-0.15, -0.1) is 0 Å². The van der Waals surface area contributed by atoms with Gasteiger partial charge in [0, 0.05) is 12.3 Å². The first kappa shape index (κ1) is 9.04. The van der Waals surface area contributed by atoms with E-state index < -0.39 is 4.33 Å². The zero-order valence-corrected chi connectivity index (χ0v) is 8.35. The molecule has 1 aliphatic rings. The second kappa shape index (κ2) is 3.00. The van der Waals surface area contributed by atoms with Crippen molar-refractivity contribution in [1.29, 1.82) is 0 Å². The number of benzene rings is 1. The first-order chi connectivity index (χ1) is 6.12. The van der Waals surface area contributed by atoms with E-state index in [2.05, 4.69) is 0 Å². The maximum atomic E-state index is 11.1. The van der Waals surface area contributed by atoms with E-state index in [4.69, 9.17) is 23.2 Å². The zero-order chi connectivity index (χ0) is 9.47. The summed E-state index contributed by atoms with van der Waals surface area (Å²) in [5.74, 6) is -0.116. The summed E-state index contributed by atoms with van der Waals surface area (Å²) in [6.45, 7) is 0. The van der Waals surface area contributed by atoms with Gasteiger partial charge in [0.05, 0.1) is 0 Å². The Kier molecular flexibility index (Phi) is 2.09. The summed E-state index contributed by atoms with van der Waals surface area (Å²) in [6, 6.07) is 9.64. The highest BCUT2D eigenvalue weighted by Gasteiger charge is 2.52. The van der Waals surface area contributed by atoms with E-state index in [1.54, 1.807) is 0 Å². The molecule has 1 aliphatic carbocycles. The molecule has 2 rings (SSSR count). The molecule has 0 aliphatic heterocycles. The van der Waals surface area contributed by atoms with Crippen LogP contribution in [0.15, 0.2) is 30.3 Å². The van der Waals surface area contributed by atoms with Gasteiger partial charge in [0.1, 0.15) is 0 Å². The molecule has 1 aromatic rings. The summed E-state index contributed by atoms with van der Waals surface area (Å²) in [5.41, 5.74) is 1.03. The maximum absolute atomic E-state index is 11.1. The Balaban J connectivity index is 2.27. The molecule has 1 nitrogen and oxygen atoms in total. The monoisotopic (exact) mass is 214 g/mol. The van der Waals surface area contributed by atoms with Gasteiger partial charge in [-0.1, -0.05) is 53.5 Å². The van der Waals surface area contributed by atoms with Gasteiger partial charge < -0.3 is 0 Å². The highest BCUT2D eigenvalue weighted by Crippen LogP contribution is 2.50. The van der Waals surface area contributed by atoms with Gasteiger partial charge in [0.25, 0.3) is 0 Å². The second-order valence-electron chi connectivity index (χ2n) is 3.21. The Morgan fingerprint density at radius 1 is 1.23 bits per heavy atom. The molecule has 0 radical (unpaired) electrons. The fourth-order valence-corrected chi connectivity index (χ4v) is 2.09. The number of rotatable bonds is 1. The smallest absolute Gasteiger partial charge is 0.183 e. The quantitative estimate of drug-likeness (QED) is 0.658. The SMILES string of the molecule is O=C1C[C@@H](c2ccccc2)C1(Cl)Cl. The lowest BCUT2D eigenvalue weighted by Gasteiger charge is -2.38. The van der Waals surface area contributed by atoms with E-state index in [1.807, 2.05) is 30.3 Å². The van der Waals surface area contributed by atoms with E-state index in [-0.39, 0.29) is 11.7 Å². The van der Waals surface area contributed by atoms with Crippen LogP contribution in [0.5, 0.6) is 0 Å². The Labute approximate surface area is 86.7 Å². The lowest BCUT2D eigenvalue weighted by atomic mass is 9.78. The predicted molar refractivity (Wildman–Crippen MR) is 53.2 cm³/mol. The summed E-state index contributed by atoms with van der Waals surface area (Å²) >= 11 is 11.7. The van der Waals surface area contributed by atoms with Crippen molar-refractivity contribution in [3.8, 4) is 0 Å². The van der Waals surface area contributed by atoms with Crippen molar-refractivity contribution < 1.29 is 4.79 Å². The molecule has 0 amide bonds. The Morgan fingerprint density at radius 2 is 1.85 bits per heavy atom. The third kappa shape index (κ3) is 1.36. The maximum Gasteiger partial charge on any atom is 0.183 e. The van der Waals surface area contributed by atoms with Crippen LogP contribution in [-0.4, -0.2) is 10.1 Å². The van der Waals surface area contributed by atoms with Crippen LogP contribution in [0.1, 0.15) is 17.9 Å². The molecular formula is C10H8Cl2O. The molecule has 13 heavy (non-hydrogen) atoms. The van der Waals surface area contributed by atoms with Gasteiger partial charge in [-0.05, 0) is 5.56 Å². The number of carbonyl (C=O) groups is 1. The normalized spacial score (nSPS) is 25.4. The highest BCUT2D eigenvalue weighted by molar-refractivity contribution is 6.61. The Morgan fingerprint density at radius 3 is 2.31 bits per heavy atom. The standard InChI is InChI=1S/C10H8Cl2O/c11-10(12)8(6-9(10)13)7-4-2-1-3-5-7/h1-5,8H,6H2/t8-/m0/s1. The molecule has 1 saturated carbocycles. The average molecular weight is 215 g/mol. The molecule has 0 heterocycles. The van der Waals surface area contributed by atoms with E-state index in [0.29, 0.717) is 6.42 Å². The van der Waals surface area contributed by atoms with Gasteiger partial charge in [-0.2, -0.15) is 0 Å². The molecule has 0 saturated heterocycles. The molecule has 1 fully saturated rings. The van der Waals surface area contributed by atoms with E-state index in [0.717, 1.165) is 5.56 Å². The summed E-state index contributed by atoms with van der Waals surface area (Å²) in [7, 11) is 0. The highest BCUT2D eigenvalue weighted by atomic mass is 35.5. The fourth-order valence-electron chi connectivity index (χ4n) is 1.53. The van der Waals surface area contributed by atoms with Crippen LogP contribution in [0.2, 0.25) is 0 Å². The topological polar surface area (TPSA) is 17.1 Å². The van der Waals surface area contributed by atoms with E-state index in [1.165, 1.54) is 0 Å². The lowest BCUT2D eigenvalue weighted by Crippen LogP contribution is -2.45. The van der Waals surface area contributed by atoms with Crippen molar-refractivity contribution >= 4 is 29.0 Å². The summed E-state index contributed by atoms with van der Waals surface area (Å²) in [5, 5.41) is 0. The number of alkyl halides is 2. The van der Waals surface area contributed by atoms with Crippen LogP contribution in [0.25, 0.3) is 0 Å². The molecule has 0 bridgehead atoms. The number of carbonyl (C=O) groups excluding carboxylic acids is 1. The third-order valence-electron chi connectivity index (χ3n) is 2.40. The lowest BCUT2D eigenvalue weighted by molar-refractivity contribution is -0.125. The minimum absolute atomic E-state index is 0.0375. The number of hydrogen-bond acceptors (Lipinski definition) is 1. The van der Waals surface area contributed by atoms with Crippen molar-refractivity contribution in [1.82, 2.24) is 0 Å². The van der Waals surface area contributed by atoms with E-state index in [9.17, 15) is 4.79 Å². The number of hydrogen-bond donors (Lipinski definition) is 0. The van der Waals surface area contributed by atoms with Crippen molar-refractivity contribution in [2.24, 2.45) is 0 Å². The van der Waals surface area contributed by atoms with Crippen LogP contribution < -0.4 is 0 Å². The molecule has 0 unspecified atom stereocenters. The molecule has 3 heteroatoms. The average Bonchev–Trinajstić information content (AvgIpc) is 2.15. The molecule has 1 atom stereocenters. The number of ketones is 1. The van der Waals surface area contributed by atoms with Gasteiger partial charge in [-0.25, -0.2) is 0 Å². The number of halogens is 2. The van der Waals surface area contributed by atoms with Gasteiger partial charge >= 0.3 is 0 Å². The van der Waals surface area contributed by atoms with E-state index >= 15 is 0 Å². The Bertz CT molecular complexity index is 332. The first-order valence-corrected chi connectivity index (χ1v) is 4.84. The summed E-state index contributed by atoms with van der Waals surface area (Å²) in [4.78, 5) is 11.1. The fraction of sp³-hybridized carbons (Fsp3) is 0.300. The predicted octanol–water partition coefficient (Wildman–Crippen LogP) is 2.92. The Hall–Kier alpha value is -0.530. The largest absolute Gasteiger partial charge is 0.296 e. The van der Waals surface area contributed by atoms with Crippen LogP contribution >= 0.6 is 23.2 Å². The van der Waals surface area contributed by atoms with Crippen molar-refractivity contribution in [2.45, 2.75) is 16.7 Å². The summed E-state index contributed by atoms with van der Waals surface area (Å²) in [6.07, 6.45) is 0.455. The first-order valence-electron chi connectivity index (χ1n) is 4.08. The van der Waals surface area contributed by atoms with Crippen molar-refractivity contribution in [3.05, 3.63) is 35.9 Å². The third-order valence-corrected chi connectivity index (χ3v) is 3.35. The van der Waals surface area contributed by atoms with Crippen LogP contribution in [0, 0.1) is 0 Å². The van der Waals surface area contributed by atoms with Crippen molar-refractivity contribution in [3.63, 3.8) is 0 Å². The van der Waals surface area contributed by atoms with Crippen LogP contribution in [0.3, 0.4) is 0 Å².